The van der Waals surface area contributed by atoms with Gasteiger partial charge in [0.2, 0.25) is 5.91 Å². The second-order valence-corrected chi connectivity index (χ2v) is 4.79. The Balaban J connectivity index is 2.92. The summed E-state index contributed by atoms with van der Waals surface area (Å²) >= 11 is 5.44. The monoisotopic (exact) mass is 299 g/mol. The Morgan fingerprint density at radius 1 is 1.30 bits per heavy atom. The topological polar surface area (TPSA) is 75.6 Å². The summed E-state index contributed by atoms with van der Waals surface area (Å²) in [6, 6.07) is 7.79. The number of aliphatic hydroxyl groups excluding tert-OH is 1. The van der Waals surface area contributed by atoms with Crippen LogP contribution in [0.1, 0.15) is 25.5 Å². The van der Waals surface area contributed by atoms with Crippen LogP contribution in [0.15, 0.2) is 30.3 Å². The third-order valence-electron chi connectivity index (χ3n) is 2.51. The highest BCUT2D eigenvalue weighted by molar-refractivity contribution is 6.27. The van der Waals surface area contributed by atoms with Gasteiger partial charge in [0.1, 0.15) is 5.88 Å². The Morgan fingerprint density at radius 3 is 2.40 bits per heavy atom. The Bertz CT molecular complexity index is 450. The molecular weight excluding hydrogens is 282 g/mol. The van der Waals surface area contributed by atoms with Crippen molar-refractivity contribution in [3.8, 4) is 0 Å². The Hall–Kier alpha value is -1.59. The largest absolute Gasteiger partial charge is 0.461 e. The molecule has 0 saturated carbocycles. The van der Waals surface area contributed by atoms with E-state index in [0.29, 0.717) is 5.56 Å². The summed E-state index contributed by atoms with van der Waals surface area (Å²) in [5, 5.41) is 12.6. The zero-order chi connectivity index (χ0) is 15.1. The van der Waals surface area contributed by atoms with Crippen LogP contribution in [0.5, 0.6) is 0 Å². The number of hydrogen-bond donors (Lipinski definition) is 2. The fourth-order valence-electron chi connectivity index (χ4n) is 1.66. The predicted octanol–water partition coefficient (Wildman–Crippen LogP) is 1.40. The first-order valence-corrected chi connectivity index (χ1v) is 6.78. The molecule has 1 rings (SSSR count). The number of carbonyl (C=O) groups excluding carboxylic acids is 2. The lowest BCUT2D eigenvalue weighted by Gasteiger charge is -2.23. The minimum atomic E-state index is -1.49. The summed E-state index contributed by atoms with van der Waals surface area (Å²) in [6.07, 6.45) is -1.84. The number of esters is 1. The average molecular weight is 300 g/mol. The maximum atomic E-state index is 11.8. The number of amides is 1. The SMILES string of the molecule is CC(C)OC(=O)[C@H](O)[C@@H](NC(=O)CCl)c1ccccc1. The number of hydrogen-bond acceptors (Lipinski definition) is 4. The number of nitrogens with one attached hydrogen (secondary N) is 1. The molecule has 0 aliphatic heterocycles. The van der Waals surface area contributed by atoms with E-state index in [0.717, 1.165) is 0 Å². The molecule has 5 nitrogen and oxygen atoms in total. The lowest BCUT2D eigenvalue weighted by atomic mass is 10.0. The number of carbonyl (C=O) groups is 2. The van der Waals surface area contributed by atoms with Crippen molar-refractivity contribution in [2.24, 2.45) is 0 Å². The average Bonchev–Trinajstić information content (AvgIpc) is 2.43. The van der Waals surface area contributed by atoms with Crippen molar-refractivity contribution in [3.05, 3.63) is 35.9 Å². The van der Waals surface area contributed by atoms with Crippen LogP contribution < -0.4 is 5.32 Å². The van der Waals surface area contributed by atoms with Gasteiger partial charge in [-0.15, -0.1) is 11.6 Å². The quantitative estimate of drug-likeness (QED) is 0.615. The number of ether oxygens (including phenoxy) is 1. The maximum Gasteiger partial charge on any atom is 0.337 e. The van der Waals surface area contributed by atoms with E-state index >= 15 is 0 Å². The summed E-state index contributed by atoms with van der Waals surface area (Å²) in [6.45, 7) is 3.36. The van der Waals surface area contributed by atoms with E-state index in [1.165, 1.54) is 0 Å². The Morgan fingerprint density at radius 2 is 1.90 bits per heavy atom. The molecule has 110 valence electrons. The predicted molar refractivity (Wildman–Crippen MR) is 75.3 cm³/mol. The van der Waals surface area contributed by atoms with Gasteiger partial charge in [-0.05, 0) is 19.4 Å². The van der Waals surface area contributed by atoms with Crippen molar-refractivity contribution in [2.75, 3.05) is 5.88 Å². The van der Waals surface area contributed by atoms with E-state index in [2.05, 4.69) is 5.32 Å². The van der Waals surface area contributed by atoms with E-state index in [-0.39, 0.29) is 12.0 Å². The second-order valence-electron chi connectivity index (χ2n) is 4.52. The first-order valence-electron chi connectivity index (χ1n) is 6.24. The molecule has 0 fully saturated rings. The van der Waals surface area contributed by atoms with E-state index in [4.69, 9.17) is 16.3 Å². The number of alkyl halides is 1. The van der Waals surface area contributed by atoms with E-state index < -0.39 is 24.0 Å². The number of halogens is 1. The van der Waals surface area contributed by atoms with Gasteiger partial charge in [0.25, 0.3) is 0 Å². The molecule has 0 radical (unpaired) electrons. The fourth-order valence-corrected chi connectivity index (χ4v) is 1.73. The molecule has 0 aromatic heterocycles. The Kier molecular flexibility index (Phi) is 6.48. The van der Waals surface area contributed by atoms with Crippen molar-refractivity contribution in [3.63, 3.8) is 0 Å². The molecule has 0 saturated heterocycles. The summed E-state index contributed by atoms with van der Waals surface area (Å²) in [5.74, 6) is -1.52. The highest BCUT2D eigenvalue weighted by atomic mass is 35.5. The molecular formula is C14H18ClNO4. The third-order valence-corrected chi connectivity index (χ3v) is 2.75. The van der Waals surface area contributed by atoms with Gasteiger partial charge in [-0.2, -0.15) is 0 Å². The fraction of sp³-hybridized carbons (Fsp3) is 0.429. The van der Waals surface area contributed by atoms with Crippen molar-refractivity contribution in [1.82, 2.24) is 5.32 Å². The minimum absolute atomic E-state index is 0.255. The lowest BCUT2D eigenvalue weighted by Crippen LogP contribution is -2.42. The van der Waals surface area contributed by atoms with Gasteiger partial charge >= 0.3 is 5.97 Å². The van der Waals surface area contributed by atoms with Crippen molar-refractivity contribution in [1.29, 1.82) is 0 Å². The smallest absolute Gasteiger partial charge is 0.337 e. The highest BCUT2D eigenvalue weighted by Gasteiger charge is 2.30. The molecule has 0 aliphatic rings. The standard InChI is InChI=1S/C14H18ClNO4/c1-9(2)20-14(19)13(18)12(16-11(17)8-15)10-6-4-3-5-7-10/h3-7,9,12-13,18H,8H2,1-2H3,(H,16,17)/t12-,13+/m0/s1. The minimum Gasteiger partial charge on any atom is -0.461 e. The van der Waals surface area contributed by atoms with Crippen molar-refractivity contribution >= 4 is 23.5 Å². The van der Waals surface area contributed by atoms with Crippen LogP contribution in [0.4, 0.5) is 0 Å². The van der Waals surface area contributed by atoms with Gasteiger partial charge in [0.05, 0.1) is 12.1 Å². The van der Waals surface area contributed by atoms with Crippen LogP contribution in [0.3, 0.4) is 0 Å². The van der Waals surface area contributed by atoms with Gasteiger partial charge in [-0.3, -0.25) is 4.79 Å². The number of rotatable bonds is 6. The molecule has 6 heteroatoms. The third kappa shape index (κ3) is 4.83. The number of benzene rings is 1. The van der Waals surface area contributed by atoms with Gasteiger partial charge in [0.15, 0.2) is 6.10 Å². The van der Waals surface area contributed by atoms with Crippen LogP contribution >= 0.6 is 11.6 Å². The van der Waals surface area contributed by atoms with Crippen molar-refractivity contribution < 1.29 is 19.4 Å². The molecule has 1 aromatic carbocycles. The molecule has 0 bridgehead atoms. The lowest BCUT2D eigenvalue weighted by molar-refractivity contribution is -0.159. The van der Waals surface area contributed by atoms with E-state index in [1.54, 1.807) is 44.2 Å². The second kappa shape index (κ2) is 7.87. The van der Waals surface area contributed by atoms with E-state index in [9.17, 15) is 14.7 Å². The molecule has 2 atom stereocenters. The molecule has 0 unspecified atom stereocenters. The zero-order valence-corrected chi connectivity index (χ0v) is 12.1. The van der Waals surface area contributed by atoms with Crippen LogP contribution in [-0.4, -0.2) is 35.1 Å². The molecule has 20 heavy (non-hydrogen) atoms. The molecule has 2 N–H and O–H groups in total. The van der Waals surface area contributed by atoms with Crippen LogP contribution in [-0.2, 0) is 14.3 Å². The van der Waals surface area contributed by atoms with Crippen molar-refractivity contribution in [2.45, 2.75) is 32.1 Å². The van der Waals surface area contributed by atoms with Crippen LogP contribution in [0.2, 0.25) is 0 Å². The first-order chi connectivity index (χ1) is 9.45. The van der Waals surface area contributed by atoms with Gasteiger partial charge in [-0.25, -0.2) is 4.79 Å². The van der Waals surface area contributed by atoms with Crippen LogP contribution in [0.25, 0.3) is 0 Å². The summed E-state index contributed by atoms with van der Waals surface area (Å²) < 4.78 is 4.96. The van der Waals surface area contributed by atoms with Crippen LogP contribution in [0, 0.1) is 0 Å². The summed E-state index contributed by atoms with van der Waals surface area (Å²) in [4.78, 5) is 23.2. The first kappa shape index (κ1) is 16.5. The Labute approximate surface area is 122 Å². The van der Waals surface area contributed by atoms with E-state index in [1.807, 2.05) is 0 Å². The number of aliphatic hydroxyl groups is 1. The zero-order valence-electron chi connectivity index (χ0n) is 11.4. The molecule has 1 amide bonds. The maximum absolute atomic E-state index is 11.8. The van der Waals surface area contributed by atoms with Gasteiger partial charge < -0.3 is 15.2 Å². The summed E-state index contributed by atoms with van der Waals surface area (Å²) in [5.41, 5.74) is 0.596. The molecule has 0 spiro atoms. The van der Waals surface area contributed by atoms with Gasteiger partial charge in [0, 0.05) is 0 Å². The summed E-state index contributed by atoms with van der Waals surface area (Å²) in [7, 11) is 0. The highest BCUT2D eigenvalue weighted by Crippen LogP contribution is 2.18. The molecule has 1 aromatic rings. The normalized spacial score (nSPS) is 13.7. The molecule has 0 heterocycles. The van der Waals surface area contributed by atoms with Gasteiger partial charge in [-0.1, -0.05) is 30.3 Å². The molecule has 0 aliphatic carbocycles.